The first-order valence-electron chi connectivity index (χ1n) is 13.2. The van der Waals surface area contributed by atoms with E-state index in [1.165, 1.54) is 0 Å². The summed E-state index contributed by atoms with van der Waals surface area (Å²) < 4.78 is 5.45. The minimum absolute atomic E-state index is 0.125. The topological polar surface area (TPSA) is 108 Å². The van der Waals surface area contributed by atoms with Crippen molar-refractivity contribution < 1.29 is 24.2 Å². The van der Waals surface area contributed by atoms with Gasteiger partial charge in [-0.1, -0.05) is 46.6 Å². The van der Waals surface area contributed by atoms with E-state index >= 15 is 0 Å². The number of ether oxygens (including phenoxy) is 1. The number of carbonyl (C=O) groups excluding carboxylic acids is 3. The highest BCUT2D eigenvalue weighted by Gasteiger charge is 2.48. The molecule has 0 saturated heterocycles. The van der Waals surface area contributed by atoms with Gasteiger partial charge in [0.25, 0.3) is 0 Å². The largest absolute Gasteiger partial charge is 0.508 e. The van der Waals surface area contributed by atoms with Crippen LogP contribution in [-0.4, -0.2) is 52.1 Å². The Bertz CT molecular complexity index is 926. The van der Waals surface area contributed by atoms with Crippen LogP contribution in [0.25, 0.3) is 0 Å². The van der Waals surface area contributed by atoms with Gasteiger partial charge in [0.2, 0.25) is 11.8 Å². The molecule has 8 heteroatoms. The zero-order valence-electron chi connectivity index (χ0n) is 23.2. The maximum Gasteiger partial charge on any atom is 0.408 e. The highest BCUT2D eigenvalue weighted by molar-refractivity contribution is 5.92. The maximum absolute atomic E-state index is 14.2. The number of rotatable bonds is 11. The molecule has 0 bridgehead atoms. The fraction of sp³-hybridized carbons (Fsp3) is 0.679. The van der Waals surface area contributed by atoms with E-state index in [2.05, 4.69) is 17.6 Å². The molecular formula is C28H45N3O5. The lowest BCUT2D eigenvalue weighted by molar-refractivity contribution is -0.144. The summed E-state index contributed by atoms with van der Waals surface area (Å²) in [6.07, 6.45) is 2.54. The molecule has 1 saturated carbocycles. The zero-order chi connectivity index (χ0) is 27.2. The predicted octanol–water partition coefficient (Wildman–Crippen LogP) is 4.83. The Labute approximate surface area is 216 Å². The van der Waals surface area contributed by atoms with Gasteiger partial charge in [0.15, 0.2) is 0 Å². The summed E-state index contributed by atoms with van der Waals surface area (Å²) in [6.45, 7) is 15.6. The first-order valence-corrected chi connectivity index (χ1v) is 13.2. The minimum Gasteiger partial charge on any atom is -0.508 e. The number of amides is 3. The molecule has 1 aromatic carbocycles. The van der Waals surface area contributed by atoms with Crippen LogP contribution in [0.2, 0.25) is 0 Å². The van der Waals surface area contributed by atoms with Crippen molar-refractivity contribution in [1.82, 2.24) is 15.5 Å². The van der Waals surface area contributed by atoms with Gasteiger partial charge in [-0.25, -0.2) is 4.79 Å². The molecule has 1 aliphatic rings. The van der Waals surface area contributed by atoms with Gasteiger partial charge in [0, 0.05) is 12.6 Å². The van der Waals surface area contributed by atoms with Crippen LogP contribution in [0.1, 0.15) is 91.3 Å². The molecule has 0 heterocycles. The van der Waals surface area contributed by atoms with E-state index in [-0.39, 0.29) is 35.4 Å². The Morgan fingerprint density at radius 1 is 1.22 bits per heavy atom. The van der Waals surface area contributed by atoms with Crippen molar-refractivity contribution in [2.45, 2.75) is 105 Å². The summed E-state index contributed by atoms with van der Waals surface area (Å²) in [6, 6.07) is 3.16. The van der Waals surface area contributed by atoms with E-state index in [0.29, 0.717) is 24.1 Å². The molecule has 0 aromatic heterocycles. The van der Waals surface area contributed by atoms with E-state index in [1.807, 2.05) is 20.8 Å². The maximum atomic E-state index is 14.2. The van der Waals surface area contributed by atoms with Crippen LogP contribution in [0, 0.1) is 18.8 Å². The number of alkyl carbamates (subject to hydrolysis) is 1. The Morgan fingerprint density at radius 3 is 2.36 bits per heavy atom. The van der Waals surface area contributed by atoms with Crippen LogP contribution in [0.15, 0.2) is 18.2 Å². The van der Waals surface area contributed by atoms with Crippen LogP contribution in [0.4, 0.5) is 4.79 Å². The summed E-state index contributed by atoms with van der Waals surface area (Å²) >= 11 is 0. The van der Waals surface area contributed by atoms with Crippen molar-refractivity contribution in [2.75, 3.05) is 6.54 Å². The number of aryl methyl sites for hydroxylation is 1. The van der Waals surface area contributed by atoms with Crippen LogP contribution >= 0.6 is 0 Å². The summed E-state index contributed by atoms with van der Waals surface area (Å²) in [7, 11) is 0. The number of nitrogens with one attached hydrogen (secondary N) is 2. The zero-order valence-corrected chi connectivity index (χ0v) is 23.2. The number of carbonyl (C=O) groups is 3. The summed E-state index contributed by atoms with van der Waals surface area (Å²) in [5, 5.41) is 15.9. The fourth-order valence-corrected chi connectivity index (χ4v) is 4.22. The summed E-state index contributed by atoms with van der Waals surface area (Å²) in [5.41, 5.74) is 0.552. The average molecular weight is 504 g/mol. The molecule has 5 atom stereocenters. The lowest BCUT2D eigenvalue weighted by atomic mass is 9.95. The predicted molar refractivity (Wildman–Crippen MR) is 141 cm³/mol. The molecule has 0 aliphatic heterocycles. The van der Waals surface area contributed by atoms with E-state index in [4.69, 9.17) is 4.74 Å². The molecule has 5 unspecified atom stereocenters. The molecule has 0 radical (unpaired) electrons. The van der Waals surface area contributed by atoms with Gasteiger partial charge in [-0.15, -0.1) is 0 Å². The van der Waals surface area contributed by atoms with Crippen LogP contribution in [0.5, 0.6) is 5.75 Å². The standard InChI is InChI=1S/C28H45N3O5/c1-9-11-14-29-25(33)24(20-12-13-22(32)19(5)15-20)31(21-16-18(21)4)26(34)23(17(3)10-2)30-27(35)36-28(6,7)8/h12-13,15,17-18,21,23-24,32H,9-11,14,16H2,1-8H3,(H,29,33)(H,30,35). The van der Waals surface area contributed by atoms with Gasteiger partial charge >= 0.3 is 6.09 Å². The third-order valence-corrected chi connectivity index (χ3v) is 6.72. The van der Waals surface area contributed by atoms with Crippen molar-refractivity contribution in [3.63, 3.8) is 0 Å². The molecule has 202 valence electrons. The Balaban J connectivity index is 2.51. The highest BCUT2D eigenvalue weighted by Crippen LogP contribution is 2.41. The number of phenolic OH excluding ortho intramolecular Hbond substituents is 1. The van der Waals surface area contributed by atoms with Crippen molar-refractivity contribution in [1.29, 1.82) is 0 Å². The van der Waals surface area contributed by atoms with Crippen LogP contribution < -0.4 is 10.6 Å². The van der Waals surface area contributed by atoms with E-state index < -0.39 is 23.8 Å². The number of hydrogen-bond acceptors (Lipinski definition) is 5. The lowest BCUT2D eigenvalue weighted by Crippen LogP contribution is -2.56. The third-order valence-electron chi connectivity index (χ3n) is 6.72. The molecule has 36 heavy (non-hydrogen) atoms. The normalized spacial score (nSPS) is 19.6. The SMILES string of the molecule is CCCCNC(=O)C(c1ccc(O)c(C)c1)N(C(=O)C(NC(=O)OC(C)(C)C)C(C)CC)C1CC1C. The minimum atomic E-state index is -0.879. The smallest absolute Gasteiger partial charge is 0.408 e. The van der Waals surface area contributed by atoms with Crippen molar-refractivity contribution >= 4 is 17.9 Å². The summed E-state index contributed by atoms with van der Waals surface area (Å²) in [5.74, 6) is -0.373. The highest BCUT2D eigenvalue weighted by atomic mass is 16.6. The quantitative estimate of drug-likeness (QED) is 0.375. The molecule has 0 spiro atoms. The number of aromatic hydroxyl groups is 1. The van der Waals surface area contributed by atoms with Crippen molar-refractivity contribution in [3.05, 3.63) is 29.3 Å². The van der Waals surface area contributed by atoms with Gasteiger partial charge in [0.05, 0.1) is 0 Å². The number of phenols is 1. The molecule has 1 aliphatic carbocycles. The number of nitrogens with zero attached hydrogens (tertiary/aromatic N) is 1. The molecule has 3 amide bonds. The third kappa shape index (κ3) is 7.87. The van der Waals surface area contributed by atoms with E-state index in [1.54, 1.807) is 50.8 Å². The second-order valence-electron chi connectivity index (χ2n) is 11.1. The monoisotopic (exact) mass is 503 g/mol. The number of unbranched alkanes of at least 4 members (excludes halogenated alkanes) is 1. The van der Waals surface area contributed by atoms with E-state index in [0.717, 1.165) is 19.3 Å². The molecule has 3 N–H and O–H groups in total. The second-order valence-corrected chi connectivity index (χ2v) is 11.1. The first-order chi connectivity index (χ1) is 16.8. The van der Waals surface area contributed by atoms with Gasteiger partial charge in [-0.3, -0.25) is 9.59 Å². The van der Waals surface area contributed by atoms with Gasteiger partial charge in [-0.2, -0.15) is 0 Å². The molecular weight excluding hydrogens is 458 g/mol. The second kappa shape index (κ2) is 12.5. The van der Waals surface area contributed by atoms with Gasteiger partial charge < -0.3 is 25.4 Å². The Kier molecular flexibility index (Phi) is 10.2. The van der Waals surface area contributed by atoms with Gasteiger partial charge in [-0.05, 0) is 75.6 Å². The molecule has 8 nitrogen and oxygen atoms in total. The Hall–Kier alpha value is -2.77. The molecule has 1 fully saturated rings. The summed E-state index contributed by atoms with van der Waals surface area (Å²) in [4.78, 5) is 42.1. The van der Waals surface area contributed by atoms with Crippen molar-refractivity contribution in [2.24, 2.45) is 11.8 Å². The fourth-order valence-electron chi connectivity index (χ4n) is 4.22. The molecule has 1 aromatic rings. The van der Waals surface area contributed by atoms with Crippen LogP contribution in [-0.2, 0) is 14.3 Å². The molecule has 2 rings (SSSR count). The lowest BCUT2D eigenvalue weighted by Gasteiger charge is -2.36. The Morgan fingerprint density at radius 2 is 1.86 bits per heavy atom. The number of benzene rings is 1. The average Bonchev–Trinajstić information content (AvgIpc) is 3.51. The van der Waals surface area contributed by atoms with Crippen molar-refractivity contribution in [3.8, 4) is 5.75 Å². The van der Waals surface area contributed by atoms with Gasteiger partial charge in [0.1, 0.15) is 23.4 Å². The first kappa shape index (κ1) is 29.5. The number of hydrogen-bond donors (Lipinski definition) is 3. The van der Waals surface area contributed by atoms with Crippen LogP contribution in [0.3, 0.4) is 0 Å². The van der Waals surface area contributed by atoms with E-state index in [9.17, 15) is 19.5 Å².